The fourth-order valence-electron chi connectivity index (χ4n) is 3.86. The lowest BCUT2D eigenvalue weighted by molar-refractivity contribution is -0.388. The number of rotatable bonds is 5. The van der Waals surface area contributed by atoms with Gasteiger partial charge in [-0.2, -0.15) is 0 Å². The molecule has 2 fully saturated rings. The Labute approximate surface area is 184 Å². The van der Waals surface area contributed by atoms with Crippen LogP contribution in [0, 0.1) is 11.8 Å². The smallest absolute Gasteiger partial charge is 0.237 e. The highest BCUT2D eigenvalue weighted by atomic mass is 16.7. The molecule has 2 heterocycles. The normalized spacial score (nSPS) is 44.5. The predicted molar refractivity (Wildman–Crippen MR) is 105 cm³/mol. The first-order chi connectivity index (χ1) is 15.1. The maximum atomic E-state index is 11.3. The first kappa shape index (κ1) is 25.0. The Balaban J connectivity index is 1.84. The van der Waals surface area contributed by atoms with E-state index in [0.717, 1.165) is 0 Å². The number of hydrogen-bond acceptors (Lipinski definition) is 11. The van der Waals surface area contributed by atoms with Crippen LogP contribution >= 0.6 is 0 Å². The van der Waals surface area contributed by atoms with Crippen molar-refractivity contribution in [3.05, 3.63) is 35.9 Å². The molecule has 11 nitrogen and oxygen atoms in total. The van der Waals surface area contributed by atoms with E-state index in [-0.39, 0.29) is 5.56 Å². The molecular weight excluding hydrogens is 428 g/mol. The summed E-state index contributed by atoms with van der Waals surface area (Å²) in [7, 11) is 0. The summed E-state index contributed by atoms with van der Waals surface area (Å²) < 4.78 is 16.2. The van der Waals surface area contributed by atoms with Gasteiger partial charge in [-0.25, -0.2) is 0 Å². The highest BCUT2D eigenvalue weighted by Crippen LogP contribution is 2.43. The average molecular weight is 456 g/mol. The monoisotopic (exact) mass is 456 g/mol. The van der Waals surface area contributed by atoms with Gasteiger partial charge in [-0.05, 0) is 6.92 Å². The Hall–Kier alpha value is -1.66. The van der Waals surface area contributed by atoms with Crippen LogP contribution in [0.5, 0.6) is 0 Å². The van der Waals surface area contributed by atoms with Crippen molar-refractivity contribution < 1.29 is 55.1 Å². The van der Waals surface area contributed by atoms with Crippen LogP contribution in [0.4, 0.5) is 0 Å². The van der Waals surface area contributed by atoms with Gasteiger partial charge in [0, 0.05) is 5.56 Å². The number of hydrogen-bond donors (Lipinski definition) is 8. The quantitative estimate of drug-likeness (QED) is 0.205. The van der Waals surface area contributed by atoms with Crippen molar-refractivity contribution >= 4 is 0 Å². The summed E-state index contributed by atoms with van der Waals surface area (Å²) in [6.07, 6.45) is -12.9. The number of aliphatic hydroxyl groups excluding tert-OH is 6. The molecule has 0 amide bonds. The Kier molecular flexibility index (Phi) is 7.55. The molecule has 0 saturated carbocycles. The Morgan fingerprint density at radius 3 is 2.19 bits per heavy atom. The van der Waals surface area contributed by atoms with Gasteiger partial charge in [0.2, 0.25) is 11.4 Å². The standard InChI is InChI=1S/C21H28O11/c1-2-8-20(28)18(27)15(24)13(32-21(20,29)11-6-4-3-5-7-11)10-30-19-17(26)16(25)14(23)12(9-22)31-19/h3-7,12-19,22-29H,9-10H2,1H3/t12-,13+,14-,15-,16+,17-,18+,19-,20+,21+/m1/s1. The molecule has 0 radical (unpaired) electrons. The second kappa shape index (κ2) is 9.68. The number of benzene rings is 1. The summed E-state index contributed by atoms with van der Waals surface area (Å²) in [6.45, 7) is 0.130. The molecule has 3 rings (SSSR count). The SMILES string of the molecule is CC#C[C@]1(O)[C@@H](O)[C@H](O)[C@H](CO[C@@H]2O[C@H](CO)[C@@H](O)[C@H](O)[C@H]2O)O[C@@]1(O)c1ccccc1. The molecule has 2 aliphatic rings. The Morgan fingerprint density at radius 1 is 0.938 bits per heavy atom. The molecule has 11 heteroatoms. The summed E-state index contributed by atoms with van der Waals surface area (Å²) >= 11 is 0. The molecule has 32 heavy (non-hydrogen) atoms. The van der Waals surface area contributed by atoms with E-state index in [4.69, 9.17) is 14.2 Å². The third-order valence-corrected chi connectivity index (χ3v) is 5.72. The van der Waals surface area contributed by atoms with Crippen molar-refractivity contribution in [1.82, 2.24) is 0 Å². The van der Waals surface area contributed by atoms with E-state index >= 15 is 0 Å². The maximum Gasteiger partial charge on any atom is 0.237 e. The van der Waals surface area contributed by atoms with Gasteiger partial charge in [0.05, 0.1) is 13.2 Å². The molecule has 1 aromatic rings. The minimum Gasteiger partial charge on any atom is -0.394 e. The fraction of sp³-hybridized carbons (Fsp3) is 0.619. The summed E-state index contributed by atoms with van der Waals surface area (Å²) in [4.78, 5) is 0. The second-order valence-electron chi connectivity index (χ2n) is 7.77. The largest absolute Gasteiger partial charge is 0.394 e. The van der Waals surface area contributed by atoms with Crippen LogP contribution in [0.2, 0.25) is 0 Å². The predicted octanol–water partition coefficient (Wildman–Crippen LogP) is -3.48. The van der Waals surface area contributed by atoms with Crippen LogP contribution < -0.4 is 0 Å². The van der Waals surface area contributed by atoms with Gasteiger partial charge < -0.3 is 55.1 Å². The lowest BCUT2D eigenvalue weighted by Crippen LogP contribution is -2.71. The van der Waals surface area contributed by atoms with Crippen molar-refractivity contribution in [3.8, 4) is 11.8 Å². The van der Waals surface area contributed by atoms with E-state index in [9.17, 15) is 40.9 Å². The van der Waals surface area contributed by atoms with Gasteiger partial charge in [-0.3, -0.25) is 0 Å². The van der Waals surface area contributed by atoms with Gasteiger partial charge >= 0.3 is 0 Å². The van der Waals surface area contributed by atoms with Gasteiger partial charge in [0.1, 0.15) is 42.7 Å². The first-order valence-corrected chi connectivity index (χ1v) is 10.0. The Bertz CT molecular complexity index is 824. The van der Waals surface area contributed by atoms with E-state index < -0.39 is 73.6 Å². The minimum absolute atomic E-state index is 0.0500. The van der Waals surface area contributed by atoms with Gasteiger partial charge in [-0.1, -0.05) is 36.3 Å². The highest BCUT2D eigenvalue weighted by molar-refractivity contribution is 5.34. The molecule has 0 aliphatic carbocycles. The third-order valence-electron chi connectivity index (χ3n) is 5.72. The van der Waals surface area contributed by atoms with Crippen molar-refractivity contribution in [2.24, 2.45) is 0 Å². The molecule has 10 atom stereocenters. The maximum absolute atomic E-state index is 11.3. The minimum atomic E-state index is -2.60. The highest BCUT2D eigenvalue weighted by Gasteiger charge is 2.64. The van der Waals surface area contributed by atoms with Crippen LogP contribution in [-0.4, -0.2) is 109 Å². The van der Waals surface area contributed by atoms with Crippen LogP contribution in [0.25, 0.3) is 0 Å². The molecule has 8 N–H and O–H groups in total. The molecule has 0 spiro atoms. The zero-order valence-electron chi connectivity index (χ0n) is 17.2. The molecule has 1 aromatic carbocycles. The molecule has 0 unspecified atom stereocenters. The number of ether oxygens (including phenoxy) is 3. The second-order valence-corrected chi connectivity index (χ2v) is 7.77. The topological polar surface area (TPSA) is 190 Å². The van der Waals surface area contributed by atoms with Crippen molar-refractivity contribution in [1.29, 1.82) is 0 Å². The van der Waals surface area contributed by atoms with Gasteiger partial charge in [-0.15, -0.1) is 5.92 Å². The molecular formula is C21H28O11. The first-order valence-electron chi connectivity index (χ1n) is 10.0. The van der Waals surface area contributed by atoms with Crippen LogP contribution in [0.15, 0.2) is 30.3 Å². The van der Waals surface area contributed by atoms with Crippen LogP contribution in [-0.2, 0) is 20.0 Å². The molecule has 0 bridgehead atoms. The zero-order valence-corrected chi connectivity index (χ0v) is 17.2. The van der Waals surface area contributed by atoms with E-state index in [0.29, 0.717) is 0 Å². The van der Waals surface area contributed by atoms with Crippen LogP contribution in [0.1, 0.15) is 12.5 Å². The molecule has 178 valence electrons. The molecule has 2 saturated heterocycles. The van der Waals surface area contributed by atoms with Gasteiger partial charge in [0.15, 0.2) is 6.29 Å². The average Bonchev–Trinajstić information content (AvgIpc) is 2.80. The zero-order chi connectivity index (χ0) is 23.7. The van der Waals surface area contributed by atoms with Crippen LogP contribution in [0.3, 0.4) is 0 Å². The number of aliphatic hydroxyl groups is 8. The fourth-order valence-corrected chi connectivity index (χ4v) is 3.86. The summed E-state index contributed by atoms with van der Waals surface area (Å²) in [5.41, 5.74) is -2.55. The third kappa shape index (κ3) is 4.16. The van der Waals surface area contributed by atoms with E-state index in [1.807, 2.05) is 0 Å². The van der Waals surface area contributed by atoms with E-state index in [1.54, 1.807) is 18.2 Å². The summed E-state index contributed by atoms with van der Waals surface area (Å²) in [6, 6.07) is 7.65. The van der Waals surface area contributed by atoms with Crippen molar-refractivity contribution in [2.45, 2.75) is 67.3 Å². The van der Waals surface area contributed by atoms with Crippen molar-refractivity contribution in [3.63, 3.8) is 0 Å². The lowest BCUT2D eigenvalue weighted by Gasteiger charge is -2.51. The van der Waals surface area contributed by atoms with E-state index in [2.05, 4.69) is 11.8 Å². The Morgan fingerprint density at radius 2 is 1.59 bits per heavy atom. The summed E-state index contributed by atoms with van der Waals surface area (Å²) in [5.74, 6) is 2.15. The van der Waals surface area contributed by atoms with E-state index in [1.165, 1.54) is 19.1 Å². The summed E-state index contributed by atoms with van der Waals surface area (Å²) in [5, 5.41) is 82.6. The molecule has 0 aromatic heterocycles. The molecule has 2 aliphatic heterocycles. The van der Waals surface area contributed by atoms with Crippen molar-refractivity contribution in [2.75, 3.05) is 13.2 Å². The van der Waals surface area contributed by atoms with Gasteiger partial charge in [0.25, 0.3) is 0 Å². The lowest BCUT2D eigenvalue weighted by atomic mass is 9.77.